The first kappa shape index (κ1) is 115. The van der Waals surface area contributed by atoms with Gasteiger partial charge in [-0.25, -0.2) is 9.13 Å². The lowest BCUT2D eigenvalue weighted by Crippen LogP contribution is -2.30. The fourth-order valence-electron chi connectivity index (χ4n) is 14.3. The lowest BCUT2D eigenvalue weighted by Gasteiger charge is -2.21. The van der Waals surface area contributed by atoms with Crippen LogP contribution in [0.25, 0.3) is 0 Å². The zero-order valence-corrected chi connectivity index (χ0v) is 78.6. The van der Waals surface area contributed by atoms with E-state index in [2.05, 4.69) is 118 Å². The largest absolute Gasteiger partial charge is 0.472 e. The molecule has 4 N–H and O–H groups in total. The number of hydrogen-bond donors (Lipinski definition) is 4. The second-order valence-electron chi connectivity index (χ2n) is 33.6. The van der Waals surface area contributed by atoms with Crippen molar-refractivity contribution in [1.29, 1.82) is 0 Å². The van der Waals surface area contributed by atoms with Crippen molar-refractivity contribution >= 4 is 33.6 Å². The average Bonchev–Trinajstić information content (AvgIpc) is 0.898. The standard InChI is InChI=1S/C101H184O16P2/c1-4-7-10-13-16-19-22-25-28-30-32-34-36-38-40-42-44-46-47-49-51-52-54-56-58-60-62-64-67-69-72-75-78-81-84-87-99(104)111-90-96(102)91-113-118(107,108)114-92-97(103)93-115-119(109,110)116-95-98(117-101(106)89-86-83-80-77-74-71-66-27-24-21-18-15-12-9-6-3)94-112-100(105)88-85-82-79-76-73-70-68-65-63-61-59-57-55-53-50-48-45-43-41-39-37-35-33-31-29-26-23-20-17-14-11-8-5-2/h16-17,19-20,25-26,28-29,32-35,38-41,96-98,102-103H,4-15,18,21-24,27,30-31,36-37,42-95H2,1-3H3,(H,107,108)(H,109,110)/b19-16-,20-17-,28-25-,29-26-,34-32-,35-33-,40-38-,41-39-. The number of aliphatic hydroxyl groups excluding tert-OH is 2. The predicted octanol–water partition coefficient (Wildman–Crippen LogP) is 30.8. The number of allylic oxidation sites excluding steroid dienone is 16. The van der Waals surface area contributed by atoms with E-state index in [4.69, 9.17) is 32.3 Å². The molecule has 0 amide bonds. The van der Waals surface area contributed by atoms with Gasteiger partial charge >= 0.3 is 33.6 Å². The lowest BCUT2D eigenvalue weighted by atomic mass is 10.0. The first-order chi connectivity index (χ1) is 58.2. The lowest BCUT2D eigenvalue weighted by molar-refractivity contribution is -0.161. The van der Waals surface area contributed by atoms with Gasteiger partial charge in [0.1, 0.15) is 25.4 Å². The molecule has 0 aromatic heterocycles. The number of unbranched alkanes of at least 4 members (excludes halogenated alkanes) is 56. The third-order valence-corrected chi connectivity index (χ3v) is 23.7. The number of ether oxygens (including phenoxy) is 3. The molecule has 0 radical (unpaired) electrons. The monoisotopic (exact) mass is 1720 g/mol. The predicted molar refractivity (Wildman–Crippen MR) is 501 cm³/mol. The average molecular weight is 1720 g/mol. The van der Waals surface area contributed by atoms with Crippen molar-refractivity contribution in [3.8, 4) is 0 Å². The number of phosphoric ester groups is 2. The van der Waals surface area contributed by atoms with Crippen molar-refractivity contribution in [2.24, 2.45) is 0 Å². The molecule has 0 fully saturated rings. The first-order valence-electron chi connectivity index (χ1n) is 49.5. The van der Waals surface area contributed by atoms with Crippen molar-refractivity contribution in [2.45, 2.75) is 489 Å². The molecule has 0 aromatic rings. The molecule has 5 atom stereocenters. The molecule has 0 aliphatic heterocycles. The molecule has 119 heavy (non-hydrogen) atoms. The van der Waals surface area contributed by atoms with Crippen LogP contribution in [0.5, 0.6) is 0 Å². The minimum Gasteiger partial charge on any atom is -0.463 e. The molecule has 0 aromatic carbocycles. The Bertz CT molecular complexity index is 2550. The first-order valence-corrected chi connectivity index (χ1v) is 52.5. The third kappa shape index (κ3) is 95.0. The molecule has 0 bridgehead atoms. The Kier molecular flexibility index (Phi) is 90.8. The maximum Gasteiger partial charge on any atom is 0.472 e. The highest BCUT2D eigenvalue weighted by Crippen LogP contribution is 2.45. The van der Waals surface area contributed by atoms with Crippen LogP contribution in [-0.2, 0) is 55.8 Å². The molecule has 5 unspecified atom stereocenters. The number of hydrogen-bond acceptors (Lipinski definition) is 14. The molecular formula is C101H184O16P2. The number of phosphoric acid groups is 2. The Balaban J connectivity index is 4.38. The van der Waals surface area contributed by atoms with Gasteiger partial charge in [0.15, 0.2) is 6.10 Å². The van der Waals surface area contributed by atoms with Gasteiger partial charge in [0.05, 0.1) is 26.4 Å². The van der Waals surface area contributed by atoms with Gasteiger partial charge in [-0.1, -0.05) is 439 Å². The number of esters is 3. The maximum absolute atomic E-state index is 13.0. The van der Waals surface area contributed by atoms with E-state index in [1.54, 1.807) is 0 Å². The second kappa shape index (κ2) is 93.6. The summed E-state index contributed by atoms with van der Waals surface area (Å²) >= 11 is 0. The highest BCUT2D eigenvalue weighted by atomic mass is 31.2. The topological polar surface area (TPSA) is 231 Å². The molecule has 0 aliphatic carbocycles. The highest BCUT2D eigenvalue weighted by molar-refractivity contribution is 7.47. The van der Waals surface area contributed by atoms with Gasteiger partial charge in [-0.05, 0) is 109 Å². The van der Waals surface area contributed by atoms with Gasteiger partial charge in [0.25, 0.3) is 0 Å². The molecule has 0 saturated heterocycles. The van der Waals surface area contributed by atoms with Crippen molar-refractivity contribution in [1.82, 2.24) is 0 Å². The minimum absolute atomic E-state index is 0.112. The summed E-state index contributed by atoms with van der Waals surface area (Å²) in [6.45, 7) is 2.73. The zero-order chi connectivity index (χ0) is 86.5. The van der Waals surface area contributed by atoms with Crippen LogP contribution in [0.15, 0.2) is 97.2 Å². The van der Waals surface area contributed by atoms with Crippen LogP contribution in [0.2, 0.25) is 0 Å². The molecule has 0 rings (SSSR count). The quantitative estimate of drug-likeness (QED) is 0.0146. The van der Waals surface area contributed by atoms with E-state index in [0.29, 0.717) is 19.3 Å². The van der Waals surface area contributed by atoms with E-state index >= 15 is 0 Å². The van der Waals surface area contributed by atoms with Gasteiger partial charge in [0.2, 0.25) is 0 Å². The van der Waals surface area contributed by atoms with Crippen LogP contribution < -0.4 is 0 Å². The van der Waals surface area contributed by atoms with E-state index in [0.717, 1.165) is 103 Å². The van der Waals surface area contributed by atoms with E-state index < -0.39 is 91.5 Å². The van der Waals surface area contributed by atoms with Crippen molar-refractivity contribution in [2.75, 3.05) is 39.6 Å². The number of rotatable bonds is 95. The SMILES string of the molecule is CCCCC/C=C\C/C=C\C/C=C\C/C=C\CCCCCCCCCCCCCCCCCCCCCC(=O)OCC(O)COP(=O)(O)OCC(O)COP(=O)(O)OCC(COC(=O)CCCCCCCCCCCCCCCCCCC/C=C\C/C=C\C/C=C\C/C=C\CCCCC)OC(=O)CCCCCCCCCCCCCCCCC. The van der Waals surface area contributed by atoms with Gasteiger partial charge < -0.3 is 34.2 Å². The van der Waals surface area contributed by atoms with Crippen LogP contribution in [0.4, 0.5) is 0 Å². The van der Waals surface area contributed by atoms with E-state index in [-0.39, 0.29) is 19.3 Å². The van der Waals surface area contributed by atoms with E-state index in [1.165, 1.54) is 308 Å². The van der Waals surface area contributed by atoms with Crippen LogP contribution in [0, 0.1) is 0 Å². The van der Waals surface area contributed by atoms with E-state index in [9.17, 15) is 43.5 Å². The van der Waals surface area contributed by atoms with Crippen molar-refractivity contribution < 1.29 is 75.8 Å². The summed E-state index contributed by atoms with van der Waals surface area (Å²) in [5, 5.41) is 20.7. The van der Waals surface area contributed by atoms with Crippen LogP contribution in [-0.4, -0.2) is 95.9 Å². The van der Waals surface area contributed by atoms with Crippen LogP contribution >= 0.6 is 15.6 Å². The molecule has 694 valence electrons. The smallest absolute Gasteiger partial charge is 0.463 e. The number of aliphatic hydroxyl groups is 2. The Morgan fingerprint density at radius 1 is 0.235 bits per heavy atom. The van der Waals surface area contributed by atoms with Gasteiger partial charge in [-0.3, -0.25) is 32.5 Å². The Morgan fingerprint density at radius 2 is 0.420 bits per heavy atom. The Hall–Kier alpha value is -3.53. The van der Waals surface area contributed by atoms with Crippen molar-refractivity contribution in [3.63, 3.8) is 0 Å². The molecule has 0 saturated carbocycles. The summed E-state index contributed by atoms with van der Waals surface area (Å²) in [7, 11) is -9.79. The second-order valence-corrected chi connectivity index (χ2v) is 36.5. The Morgan fingerprint density at radius 3 is 0.681 bits per heavy atom. The van der Waals surface area contributed by atoms with Crippen LogP contribution in [0.1, 0.15) is 470 Å². The number of carbonyl (C=O) groups excluding carboxylic acids is 3. The normalized spacial score (nSPS) is 14.1. The summed E-state index contributed by atoms with van der Waals surface area (Å²) in [5.74, 6) is -1.54. The summed E-state index contributed by atoms with van der Waals surface area (Å²) in [6, 6.07) is 0. The fourth-order valence-corrected chi connectivity index (χ4v) is 15.8. The summed E-state index contributed by atoms with van der Waals surface area (Å²) in [4.78, 5) is 59.0. The zero-order valence-electron chi connectivity index (χ0n) is 76.8. The third-order valence-electron chi connectivity index (χ3n) is 21.8. The highest BCUT2D eigenvalue weighted by Gasteiger charge is 2.30. The van der Waals surface area contributed by atoms with E-state index in [1.807, 2.05) is 0 Å². The maximum atomic E-state index is 13.0. The molecule has 0 spiro atoms. The minimum atomic E-state index is -4.93. The summed E-state index contributed by atoms with van der Waals surface area (Å²) in [6.07, 6.45) is 113. The summed E-state index contributed by atoms with van der Waals surface area (Å²) in [5.41, 5.74) is 0. The molecule has 0 aliphatic rings. The van der Waals surface area contributed by atoms with Gasteiger partial charge in [-0.15, -0.1) is 0 Å². The molecule has 16 nitrogen and oxygen atoms in total. The van der Waals surface area contributed by atoms with Crippen molar-refractivity contribution in [3.05, 3.63) is 97.2 Å². The van der Waals surface area contributed by atoms with Crippen LogP contribution in [0.3, 0.4) is 0 Å². The molecular weight excluding hydrogens is 1530 g/mol. The summed E-state index contributed by atoms with van der Waals surface area (Å²) < 4.78 is 61.5. The molecule has 0 heterocycles. The number of carbonyl (C=O) groups is 3. The fraction of sp³-hybridized carbons (Fsp3) is 0.812. The van der Waals surface area contributed by atoms with Gasteiger partial charge in [-0.2, -0.15) is 0 Å². The Labute approximate surface area is 730 Å². The molecule has 18 heteroatoms. The van der Waals surface area contributed by atoms with Gasteiger partial charge in [0, 0.05) is 19.3 Å².